The van der Waals surface area contributed by atoms with Crippen molar-refractivity contribution < 1.29 is 44.3 Å². The van der Waals surface area contributed by atoms with Gasteiger partial charge in [0.15, 0.2) is 0 Å². The van der Waals surface area contributed by atoms with Gasteiger partial charge in [0.25, 0.3) is 0 Å². The third-order valence-electron chi connectivity index (χ3n) is 5.35. The average Bonchev–Trinajstić information content (AvgIpc) is 2.68. The van der Waals surface area contributed by atoms with Crippen LogP contribution in [0.1, 0.15) is 47.3 Å². The zero-order valence-electron chi connectivity index (χ0n) is 16.9. The zero-order valence-corrected chi connectivity index (χ0v) is 19.0. The lowest BCUT2D eigenvalue weighted by Crippen LogP contribution is -2.41. The van der Waals surface area contributed by atoms with Crippen LogP contribution in [-0.2, 0) is 29.8 Å². The van der Waals surface area contributed by atoms with E-state index in [2.05, 4.69) is 0 Å². The van der Waals surface area contributed by atoms with Gasteiger partial charge in [-0.25, -0.2) is 0 Å². The van der Waals surface area contributed by atoms with Gasteiger partial charge in [0.2, 0.25) is 0 Å². The van der Waals surface area contributed by atoms with Crippen molar-refractivity contribution in [3.8, 4) is 0 Å². The monoisotopic (exact) mass is 597 g/mol. The molecule has 1 saturated heterocycles. The molecule has 1 aliphatic rings. The summed E-state index contributed by atoms with van der Waals surface area (Å²) < 4.78 is 124. The quantitative estimate of drug-likeness (QED) is 0.266. The second kappa shape index (κ2) is 9.25. The van der Waals surface area contributed by atoms with E-state index >= 15 is 0 Å². The first-order chi connectivity index (χ1) is 15.1. The molecular weight excluding hydrogens is 580 g/mol. The number of hydrogen-bond acceptors (Lipinski definition) is 2. The Bertz CT molecular complexity index is 968. The Hall–Kier alpha value is -1.54. The minimum atomic E-state index is -4.97. The maximum Gasteiger partial charge on any atom is 0.416 e. The van der Waals surface area contributed by atoms with Crippen molar-refractivity contribution in [1.82, 2.24) is 4.90 Å². The van der Waals surface area contributed by atoms with E-state index < -0.39 is 41.3 Å². The number of nitrogens with zero attached hydrogens (tertiary/aromatic N) is 1. The predicted octanol–water partition coefficient (Wildman–Crippen LogP) is 7.66. The van der Waals surface area contributed by atoms with Crippen molar-refractivity contribution in [3.05, 3.63) is 67.8 Å². The Kier molecular flexibility index (Phi) is 7.31. The van der Waals surface area contributed by atoms with Crippen LogP contribution < -0.4 is 0 Å². The summed E-state index contributed by atoms with van der Waals surface area (Å²) in [7, 11) is 0. The second-order valence-electron chi connectivity index (χ2n) is 7.76. The normalized spacial score (nSPS) is 20.8. The molecule has 0 aromatic heterocycles. The van der Waals surface area contributed by atoms with Crippen molar-refractivity contribution in [2.45, 2.75) is 50.6 Å². The first kappa shape index (κ1) is 26.1. The van der Waals surface area contributed by atoms with Crippen LogP contribution in [0.25, 0.3) is 0 Å². The number of ether oxygens (including phenoxy) is 1. The Labute approximate surface area is 196 Å². The Morgan fingerprint density at radius 2 is 1.39 bits per heavy atom. The van der Waals surface area contributed by atoms with E-state index in [1.807, 2.05) is 22.6 Å². The summed E-state index contributed by atoms with van der Waals surface area (Å²) in [4.78, 5) is 1.67. The largest absolute Gasteiger partial charge is 0.416 e. The third-order valence-corrected chi connectivity index (χ3v) is 6.40. The topological polar surface area (TPSA) is 12.5 Å². The highest BCUT2D eigenvalue weighted by Gasteiger charge is 2.39. The average molecular weight is 597 g/mol. The van der Waals surface area contributed by atoms with Crippen LogP contribution in [0.2, 0.25) is 0 Å². The maximum atomic E-state index is 13.1. The highest BCUT2D eigenvalue weighted by atomic mass is 127. The van der Waals surface area contributed by atoms with E-state index in [1.54, 1.807) is 11.8 Å². The molecule has 12 heteroatoms. The maximum absolute atomic E-state index is 13.1. The highest BCUT2D eigenvalue weighted by Crippen LogP contribution is 2.40. The predicted molar refractivity (Wildman–Crippen MR) is 109 cm³/mol. The van der Waals surface area contributed by atoms with Crippen LogP contribution in [0.15, 0.2) is 36.4 Å². The summed E-state index contributed by atoms with van der Waals surface area (Å²) >= 11 is 1.90. The van der Waals surface area contributed by atoms with Gasteiger partial charge in [0, 0.05) is 16.2 Å². The van der Waals surface area contributed by atoms with Gasteiger partial charge < -0.3 is 4.74 Å². The van der Waals surface area contributed by atoms with Crippen molar-refractivity contribution in [1.29, 1.82) is 0 Å². The molecule has 0 saturated carbocycles. The smallest absolute Gasteiger partial charge is 0.358 e. The lowest BCUT2D eigenvalue weighted by atomic mass is 9.96. The second-order valence-corrected chi connectivity index (χ2v) is 8.92. The molecule has 2 aromatic carbocycles. The fourth-order valence-electron chi connectivity index (χ4n) is 3.53. The van der Waals surface area contributed by atoms with E-state index in [0.29, 0.717) is 21.3 Å². The molecule has 3 rings (SSSR count). The number of hydrogen-bond donors (Lipinski definition) is 0. The van der Waals surface area contributed by atoms with Crippen molar-refractivity contribution in [3.63, 3.8) is 0 Å². The summed E-state index contributed by atoms with van der Waals surface area (Å²) in [5, 5.41) is 0. The molecule has 1 fully saturated rings. The molecule has 33 heavy (non-hydrogen) atoms. The van der Waals surface area contributed by atoms with Crippen molar-refractivity contribution >= 4 is 22.6 Å². The summed E-state index contributed by atoms with van der Waals surface area (Å²) in [5.74, 6) is 0. The van der Waals surface area contributed by atoms with Gasteiger partial charge in [-0.05, 0) is 83.5 Å². The van der Waals surface area contributed by atoms with Gasteiger partial charge in [0.1, 0.15) is 6.73 Å². The standard InChI is InChI=1S/C21H17F9INO/c1-11-4-18(12-5-15(20(25,26)27)8-16(6-12)21(28,29)30)33-10-32(11)9-13-7-14(19(22,23)24)2-3-17(13)31/h2-3,5-8,11,18H,4,9-10H2,1H3/t11-,18-/m0/s1. The number of rotatable bonds is 3. The molecule has 0 bridgehead atoms. The van der Waals surface area contributed by atoms with Crippen LogP contribution in [0.5, 0.6) is 0 Å². The fraction of sp³-hybridized carbons (Fsp3) is 0.429. The van der Waals surface area contributed by atoms with E-state index in [-0.39, 0.29) is 37.4 Å². The third kappa shape index (κ3) is 6.32. The fourth-order valence-corrected chi connectivity index (χ4v) is 4.04. The molecule has 0 spiro atoms. The van der Waals surface area contributed by atoms with Crippen molar-refractivity contribution in [2.75, 3.05) is 6.73 Å². The minimum Gasteiger partial charge on any atom is -0.358 e. The molecule has 1 heterocycles. The van der Waals surface area contributed by atoms with E-state index in [9.17, 15) is 39.5 Å². The van der Waals surface area contributed by atoms with E-state index in [4.69, 9.17) is 4.74 Å². The van der Waals surface area contributed by atoms with Crippen LogP contribution in [0.3, 0.4) is 0 Å². The lowest BCUT2D eigenvalue weighted by molar-refractivity contribution is -0.143. The van der Waals surface area contributed by atoms with Crippen LogP contribution in [0, 0.1) is 3.57 Å². The van der Waals surface area contributed by atoms with E-state index in [1.165, 1.54) is 6.07 Å². The van der Waals surface area contributed by atoms with Gasteiger partial charge in [0.05, 0.1) is 22.8 Å². The molecule has 2 atom stereocenters. The van der Waals surface area contributed by atoms with Crippen molar-refractivity contribution in [2.24, 2.45) is 0 Å². The Balaban J connectivity index is 1.81. The van der Waals surface area contributed by atoms with Gasteiger partial charge in [-0.1, -0.05) is 0 Å². The molecule has 0 amide bonds. The van der Waals surface area contributed by atoms with Gasteiger partial charge >= 0.3 is 18.5 Å². The summed E-state index contributed by atoms with van der Waals surface area (Å²) in [6, 6.07) is 4.26. The minimum absolute atomic E-state index is 0.0532. The van der Waals surface area contributed by atoms with Crippen LogP contribution >= 0.6 is 22.6 Å². The lowest BCUT2D eigenvalue weighted by Gasteiger charge is -2.38. The molecular formula is C21H17F9INO. The summed E-state index contributed by atoms with van der Waals surface area (Å²) in [6.45, 7) is 1.59. The summed E-state index contributed by atoms with van der Waals surface area (Å²) in [6.07, 6.45) is -15.4. The van der Waals surface area contributed by atoms with Gasteiger partial charge in [-0.3, -0.25) is 4.90 Å². The molecule has 2 nitrogen and oxygen atoms in total. The van der Waals surface area contributed by atoms with E-state index in [0.717, 1.165) is 12.1 Å². The molecule has 0 N–H and O–H groups in total. The van der Waals surface area contributed by atoms with Crippen LogP contribution in [0.4, 0.5) is 39.5 Å². The molecule has 1 aliphatic heterocycles. The van der Waals surface area contributed by atoms with Crippen LogP contribution in [-0.4, -0.2) is 17.7 Å². The number of halogens is 10. The Morgan fingerprint density at radius 3 is 1.88 bits per heavy atom. The number of alkyl halides is 9. The number of benzene rings is 2. The molecule has 182 valence electrons. The zero-order chi connectivity index (χ0) is 24.8. The first-order valence-corrected chi connectivity index (χ1v) is 10.6. The Morgan fingerprint density at radius 1 is 0.848 bits per heavy atom. The molecule has 0 radical (unpaired) electrons. The molecule has 0 unspecified atom stereocenters. The first-order valence-electron chi connectivity index (χ1n) is 9.56. The highest BCUT2D eigenvalue weighted by molar-refractivity contribution is 14.1. The van der Waals surface area contributed by atoms with Gasteiger partial charge in [-0.2, -0.15) is 39.5 Å². The SMILES string of the molecule is C[C@H]1C[C@@H](c2cc(C(F)(F)F)cc(C(F)(F)F)c2)OCN1Cc1cc(C(F)(F)F)ccc1I. The molecule has 0 aliphatic carbocycles. The molecule has 2 aromatic rings. The summed E-state index contributed by atoms with van der Waals surface area (Å²) in [5.41, 5.74) is -3.53. The van der Waals surface area contributed by atoms with Gasteiger partial charge in [-0.15, -0.1) is 0 Å².